The summed E-state index contributed by atoms with van der Waals surface area (Å²) < 4.78 is 18.7. The van der Waals surface area contributed by atoms with Crippen molar-refractivity contribution >= 4 is 28.2 Å². The maximum atomic E-state index is 13.8. The maximum Gasteiger partial charge on any atom is 0.273 e. The highest BCUT2D eigenvalue weighted by Gasteiger charge is 2.14. The number of halogens is 1. The Morgan fingerprint density at radius 2 is 2.12 bits per heavy atom. The van der Waals surface area contributed by atoms with Gasteiger partial charge in [-0.25, -0.2) is 9.37 Å². The van der Waals surface area contributed by atoms with Crippen molar-refractivity contribution in [2.75, 3.05) is 12.4 Å². The summed E-state index contributed by atoms with van der Waals surface area (Å²) in [5.41, 5.74) is 1.81. The number of anilines is 1. The van der Waals surface area contributed by atoms with E-state index in [0.29, 0.717) is 22.0 Å². The number of hydrogen-bond donors (Lipinski definition) is 2. The first-order valence-electron chi connectivity index (χ1n) is 7.28. The van der Waals surface area contributed by atoms with Crippen LogP contribution in [0.25, 0.3) is 11.3 Å². The molecule has 8 heteroatoms. The molecule has 1 aromatic carbocycles. The largest absolute Gasteiger partial charge is 0.494 e. The van der Waals surface area contributed by atoms with Crippen molar-refractivity contribution in [2.45, 2.75) is 6.92 Å². The third-order valence-corrected chi connectivity index (χ3v) is 4.26. The molecule has 0 aliphatic rings. The van der Waals surface area contributed by atoms with E-state index < -0.39 is 11.7 Å². The molecule has 6 nitrogen and oxygen atoms in total. The molecule has 0 saturated carbocycles. The predicted octanol–water partition coefficient (Wildman–Crippen LogP) is 3.74. The number of nitrogens with zero attached hydrogens (tertiary/aromatic N) is 1. The number of amides is 1. The maximum absolute atomic E-state index is 13.8. The van der Waals surface area contributed by atoms with E-state index in [1.807, 2.05) is 0 Å². The number of benzene rings is 1. The van der Waals surface area contributed by atoms with Gasteiger partial charge in [0.05, 0.1) is 12.8 Å². The van der Waals surface area contributed by atoms with Crippen molar-refractivity contribution in [3.8, 4) is 17.0 Å². The Morgan fingerprint density at radius 3 is 2.76 bits per heavy atom. The van der Waals surface area contributed by atoms with Crippen LogP contribution < -0.4 is 10.1 Å². The van der Waals surface area contributed by atoms with Gasteiger partial charge in [0.25, 0.3) is 5.91 Å². The first-order chi connectivity index (χ1) is 12.0. The number of hydrogen-bond acceptors (Lipinski definition) is 5. The lowest BCUT2D eigenvalue weighted by molar-refractivity contribution is 0.101. The molecule has 0 saturated heterocycles. The minimum Gasteiger partial charge on any atom is -0.494 e. The van der Waals surface area contributed by atoms with Crippen LogP contribution in [-0.4, -0.2) is 28.8 Å². The Balaban J connectivity index is 1.76. The summed E-state index contributed by atoms with van der Waals surface area (Å²) >= 11 is 1.22. The molecule has 0 spiro atoms. The Labute approximate surface area is 146 Å². The van der Waals surface area contributed by atoms with Crippen LogP contribution in [0.15, 0.2) is 35.8 Å². The van der Waals surface area contributed by atoms with E-state index >= 15 is 0 Å². The zero-order chi connectivity index (χ0) is 18.0. The van der Waals surface area contributed by atoms with E-state index in [0.717, 1.165) is 0 Å². The second-order valence-corrected chi connectivity index (χ2v) is 6.06. The van der Waals surface area contributed by atoms with Crippen molar-refractivity contribution in [3.05, 3.63) is 52.9 Å². The van der Waals surface area contributed by atoms with E-state index in [1.165, 1.54) is 49.8 Å². The summed E-state index contributed by atoms with van der Waals surface area (Å²) in [4.78, 5) is 30.5. The molecule has 1 amide bonds. The van der Waals surface area contributed by atoms with Gasteiger partial charge in [0.15, 0.2) is 22.5 Å². The Bertz CT molecular complexity index is 948. The second-order valence-electron chi connectivity index (χ2n) is 5.20. The zero-order valence-electron chi connectivity index (χ0n) is 13.4. The van der Waals surface area contributed by atoms with Crippen molar-refractivity contribution < 1.29 is 18.7 Å². The Hall–Kier alpha value is -3.00. The molecule has 3 rings (SSSR count). The number of ether oxygens (including phenoxy) is 1. The van der Waals surface area contributed by atoms with Gasteiger partial charge in [0, 0.05) is 22.7 Å². The van der Waals surface area contributed by atoms with Crippen LogP contribution in [0, 0.1) is 5.82 Å². The predicted molar refractivity (Wildman–Crippen MR) is 92.8 cm³/mol. The molecular weight excluding hydrogens is 345 g/mol. The van der Waals surface area contributed by atoms with Crippen molar-refractivity contribution in [1.82, 2.24) is 9.97 Å². The Morgan fingerprint density at radius 1 is 1.32 bits per heavy atom. The number of ketones is 1. The van der Waals surface area contributed by atoms with Crippen LogP contribution >= 0.6 is 11.3 Å². The summed E-state index contributed by atoms with van der Waals surface area (Å²) in [6.45, 7) is 1.42. The molecule has 2 aromatic heterocycles. The van der Waals surface area contributed by atoms with Crippen LogP contribution in [0.1, 0.15) is 27.8 Å². The quantitative estimate of drug-likeness (QED) is 0.680. The van der Waals surface area contributed by atoms with Gasteiger partial charge >= 0.3 is 0 Å². The van der Waals surface area contributed by atoms with E-state index in [-0.39, 0.29) is 17.2 Å². The molecule has 0 atom stereocenters. The number of methoxy groups -OCH3 is 1. The van der Waals surface area contributed by atoms with E-state index in [1.54, 1.807) is 11.4 Å². The van der Waals surface area contributed by atoms with Crippen LogP contribution in [0.4, 0.5) is 9.52 Å². The molecule has 0 radical (unpaired) electrons. The Kier molecular flexibility index (Phi) is 4.62. The third kappa shape index (κ3) is 3.58. The van der Waals surface area contributed by atoms with Gasteiger partial charge in [-0.05, 0) is 31.2 Å². The number of rotatable bonds is 5. The average Bonchev–Trinajstić information content (AvgIpc) is 3.24. The number of Topliss-reactive ketones (excluding diaryl/α,β-unsaturated/α-hetero) is 1. The summed E-state index contributed by atoms with van der Waals surface area (Å²) in [6, 6.07) is 6.01. The highest BCUT2D eigenvalue weighted by atomic mass is 32.1. The number of aromatic amines is 1. The van der Waals surface area contributed by atoms with Gasteiger partial charge < -0.3 is 9.72 Å². The fraction of sp³-hybridized carbons (Fsp3) is 0.118. The molecule has 25 heavy (non-hydrogen) atoms. The average molecular weight is 359 g/mol. The van der Waals surface area contributed by atoms with Crippen LogP contribution in [0.2, 0.25) is 0 Å². The lowest BCUT2D eigenvalue weighted by Crippen LogP contribution is -2.12. The van der Waals surface area contributed by atoms with Crippen LogP contribution in [-0.2, 0) is 0 Å². The van der Waals surface area contributed by atoms with E-state index in [2.05, 4.69) is 15.3 Å². The van der Waals surface area contributed by atoms with Gasteiger partial charge in [0.1, 0.15) is 5.69 Å². The van der Waals surface area contributed by atoms with Crippen LogP contribution in [0.3, 0.4) is 0 Å². The fourth-order valence-electron chi connectivity index (χ4n) is 2.18. The lowest BCUT2D eigenvalue weighted by Gasteiger charge is -2.03. The molecule has 0 fully saturated rings. The smallest absolute Gasteiger partial charge is 0.273 e. The molecule has 0 aliphatic heterocycles. The number of nitrogens with one attached hydrogen (secondary N) is 2. The summed E-state index contributed by atoms with van der Waals surface area (Å²) in [5, 5.41) is 4.73. The molecule has 0 unspecified atom stereocenters. The van der Waals surface area contributed by atoms with E-state index in [9.17, 15) is 14.0 Å². The minimum absolute atomic E-state index is 0.131. The summed E-state index contributed by atoms with van der Waals surface area (Å²) in [5.74, 6) is -0.870. The van der Waals surface area contributed by atoms with Crippen molar-refractivity contribution in [2.24, 2.45) is 0 Å². The second kappa shape index (κ2) is 6.86. The van der Waals surface area contributed by atoms with Crippen LogP contribution in [0.5, 0.6) is 5.75 Å². The molecule has 0 aliphatic carbocycles. The number of H-pyrrole nitrogens is 1. The summed E-state index contributed by atoms with van der Waals surface area (Å²) in [7, 11) is 1.40. The normalized spacial score (nSPS) is 10.5. The molecule has 2 N–H and O–H groups in total. The molecule has 2 heterocycles. The van der Waals surface area contributed by atoms with Gasteiger partial charge in [-0.3, -0.25) is 14.9 Å². The SMILES string of the molecule is COc1ccc(-c2csc(NC(=O)c3cc(C(C)=O)c[nH]3)n2)cc1F. The lowest BCUT2D eigenvalue weighted by atomic mass is 10.1. The molecular formula is C17H14FN3O3S. The summed E-state index contributed by atoms with van der Waals surface area (Å²) in [6.07, 6.45) is 1.48. The number of aromatic nitrogens is 2. The number of carbonyl (C=O) groups is 2. The molecule has 128 valence electrons. The highest BCUT2D eigenvalue weighted by molar-refractivity contribution is 7.14. The van der Waals surface area contributed by atoms with Gasteiger partial charge in [-0.2, -0.15) is 0 Å². The van der Waals surface area contributed by atoms with Crippen molar-refractivity contribution in [1.29, 1.82) is 0 Å². The number of thiazole rings is 1. The van der Waals surface area contributed by atoms with Gasteiger partial charge in [-0.15, -0.1) is 11.3 Å². The van der Waals surface area contributed by atoms with E-state index in [4.69, 9.17) is 4.74 Å². The molecule has 3 aromatic rings. The highest BCUT2D eigenvalue weighted by Crippen LogP contribution is 2.28. The first-order valence-corrected chi connectivity index (χ1v) is 8.16. The topological polar surface area (TPSA) is 84.1 Å². The number of carbonyl (C=O) groups excluding carboxylic acids is 2. The third-order valence-electron chi connectivity index (χ3n) is 3.51. The molecule has 0 bridgehead atoms. The first kappa shape index (κ1) is 16.8. The monoisotopic (exact) mass is 359 g/mol. The standard InChI is InChI=1S/C17H14FN3O3S/c1-9(22)11-6-13(19-7-11)16(23)21-17-20-14(8-25-17)10-3-4-15(24-2)12(18)5-10/h3-8,19H,1-2H3,(H,20,21,23). The minimum atomic E-state index is -0.485. The van der Waals surface area contributed by atoms with Gasteiger partial charge in [0.2, 0.25) is 0 Å². The zero-order valence-corrected chi connectivity index (χ0v) is 14.2. The fourth-order valence-corrected chi connectivity index (χ4v) is 2.90. The van der Waals surface area contributed by atoms with Gasteiger partial charge in [-0.1, -0.05) is 0 Å². The van der Waals surface area contributed by atoms with Crippen molar-refractivity contribution in [3.63, 3.8) is 0 Å².